The molecule has 1 aliphatic rings. The molecule has 0 saturated carbocycles. The second kappa shape index (κ2) is 9.15. The Morgan fingerprint density at radius 3 is 2.44 bits per heavy atom. The maximum atomic E-state index is 12.8. The maximum absolute atomic E-state index is 12.8. The molecule has 0 radical (unpaired) electrons. The summed E-state index contributed by atoms with van der Waals surface area (Å²) in [6.07, 6.45) is 4.54. The number of aliphatic imine (C=N–C) groups is 1. The summed E-state index contributed by atoms with van der Waals surface area (Å²) in [4.78, 5) is 26.6. The fraction of sp³-hybridized carbons (Fsp3) is 0.182. The summed E-state index contributed by atoms with van der Waals surface area (Å²) in [7, 11) is -2.36. The average Bonchev–Trinajstić information content (AvgIpc) is 3.32. The minimum Gasteiger partial charge on any atom is -0.383 e. The van der Waals surface area contributed by atoms with E-state index in [1.807, 2.05) is 18.2 Å². The van der Waals surface area contributed by atoms with Crippen LogP contribution in [-0.4, -0.2) is 61.7 Å². The molecule has 0 spiro atoms. The van der Waals surface area contributed by atoms with Crippen molar-refractivity contribution in [2.24, 2.45) is 4.99 Å². The summed E-state index contributed by atoms with van der Waals surface area (Å²) in [5, 5.41) is 3.24. The summed E-state index contributed by atoms with van der Waals surface area (Å²) >= 11 is 0. The first kappa shape index (κ1) is 21.4. The van der Waals surface area contributed by atoms with Gasteiger partial charge in [0.1, 0.15) is 0 Å². The van der Waals surface area contributed by atoms with Gasteiger partial charge in [-0.15, -0.1) is 0 Å². The van der Waals surface area contributed by atoms with Gasteiger partial charge in [-0.25, -0.2) is 22.7 Å². The predicted octanol–water partition coefficient (Wildman–Crippen LogP) is 2.27. The number of carbonyl (C=O) groups is 1. The van der Waals surface area contributed by atoms with Gasteiger partial charge in [0, 0.05) is 37.2 Å². The Labute approximate surface area is 186 Å². The van der Waals surface area contributed by atoms with Crippen molar-refractivity contribution in [3.63, 3.8) is 0 Å². The molecule has 1 aliphatic heterocycles. The molecule has 3 aromatic rings. The number of nitrogens with one attached hydrogen (secondary N) is 1. The Bertz CT molecular complexity index is 1200. The van der Waals surface area contributed by atoms with Gasteiger partial charge in [0.05, 0.1) is 23.8 Å². The van der Waals surface area contributed by atoms with E-state index in [1.54, 1.807) is 41.6 Å². The van der Waals surface area contributed by atoms with E-state index in [0.717, 1.165) is 9.99 Å². The fourth-order valence-electron chi connectivity index (χ4n) is 3.20. The van der Waals surface area contributed by atoms with Crippen LogP contribution in [0.5, 0.6) is 0 Å². The van der Waals surface area contributed by atoms with Gasteiger partial charge >= 0.3 is 0 Å². The van der Waals surface area contributed by atoms with Crippen molar-refractivity contribution in [2.75, 3.05) is 29.8 Å². The number of sulfonamides is 1. The number of anilines is 2. The van der Waals surface area contributed by atoms with E-state index >= 15 is 0 Å². The molecule has 1 aromatic heterocycles. The van der Waals surface area contributed by atoms with Crippen LogP contribution in [0.25, 0.3) is 0 Å². The van der Waals surface area contributed by atoms with Crippen molar-refractivity contribution in [3.05, 3.63) is 78.6 Å². The van der Waals surface area contributed by atoms with E-state index in [0.29, 0.717) is 18.7 Å². The number of benzene rings is 2. The quantitative estimate of drug-likeness (QED) is 0.592. The molecule has 1 amide bonds. The van der Waals surface area contributed by atoms with Crippen LogP contribution in [0.4, 0.5) is 11.6 Å². The Kier molecular flexibility index (Phi) is 6.13. The average molecular weight is 451 g/mol. The first-order valence-corrected chi connectivity index (χ1v) is 11.4. The molecular formula is C22H22N6O3S. The smallest absolute Gasteiger partial charge is 0.266 e. The van der Waals surface area contributed by atoms with E-state index in [1.165, 1.54) is 31.6 Å². The zero-order chi connectivity index (χ0) is 22.6. The maximum Gasteiger partial charge on any atom is 0.266 e. The largest absolute Gasteiger partial charge is 0.383 e. The molecule has 0 fully saturated rings. The molecule has 2 aromatic carbocycles. The highest BCUT2D eigenvalue weighted by Gasteiger charge is 2.24. The normalized spacial score (nSPS) is 15.5. The first-order chi connectivity index (χ1) is 15.4. The number of hydrogen-bond acceptors (Lipinski definition) is 7. The third-order valence-corrected chi connectivity index (χ3v) is 6.75. The highest BCUT2D eigenvalue weighted by atomic mass is 32.2. The molecule has 4 rings (SSSR count). The fourth-order valence-corrected chi connectivity index (χ4v) is 4.30. The topological polar surface area (TPSA) is 108 Å². The van der Waals surface area contributed by atoms with E-state index in [-0.39, 0.29) is 22.8 Å². The van der Waals surface area contributed by atoms with Crippen LogP contribution >= 0.6 is 0 Å². The van der Waals surface area contributed by atoms with Crippen LogP contribution in [0.15, 0.2) is 82.9 Å². The number of nitrogens with zero attached hydrogens (tertiary/aromatic N) is 5. The minimum absolute atomic E-state index is 0.0853. The first-order valence-electron chi connectivity index (χ1n) is 9.94. The van der Waals surface area contributed by atoms with E-state index < -0.39 is 10.0 Å². The number of amides is 1. The SMILES string of the molecule is CN(c1ncccn1)S(=O)(=O)c1ccc(NCC2CN(C(=O)c3ccccc3)C=N2)cc1. The number of carbonyl (C=O) groups excluding carboxylic acids is 1. The molecule has 0 bridgehead atoms. The van der Waals surface area contributed by atoms with E-state index in [9.17, 15) is 13.2 Å². The van der Waals surface area contributed by atoms with Crippen molar-refractivity contribution in [1.82, 2.24) is 14.9 Å². The molecule has 0 aliphatic carbocycles. The zero-order valence-electron chi connectivity index (χ0n) is 17.4. The number of aromatic nitrogens is 2. The van der Waals surface area contributed by atoms with Gasteiger partial charge in [0.2, 0.25) is 5.95 Å². The molecule has 10 heteroatoms. The van der Waals surface area contributed by atoms with Crippen molar-refractivity contribution < 1.29 is 13.2 Å². The molecule has 1 N–H and O–H groups in total. The van der Waals surface area contributed by atoms with Gasteiger partial charge in [0.25, 0.3) is 15.9 Å². The molecule has 1 atom stereocenters. The lowest BCUT2D eigenvalue weighted by Gasteiger charge is -2.18. The summed E-state index contributed by atoms with van der Waals surface area (Å²) in [5.74, 6) is 0.0151. The summed E-state index contributed by atoms with van der Waals surface area (Å²) in [5.41, 5.74) is 1.38. The van der Waals surface area contributed by atoms with Crippen molar-refractivity contribution in [2.45, 2.75) is 10.9 Å². The summed E-state index contributed by atoms with van der Waals surface area (Å²) in [6.45, 7) is 0.994. The van der Waals surface area contributed by atoms with E-state index in [2.05, 4.69) is 20.3 Å². The second-order valence-corrected chi connectivity index (χ2v) is 9.14. The molecule has 0 saturated heterocycles. The van der Waals surface area contributed by atoms with Gasteiger partial charge in [-0.3, -0.25) is 14.7 Å². The Morgan fingerprint density at radius 1 is 1.06 bits per heavy atom. The van der Waals surface area contributed by atoms with E-state index in [4.69, 9.17) is 0 Å². The van der Waals surface area contributed by atoms with Crippen LogP contribution in [0.1, 0.15) is 10.4 Å². The van der Waals surface area contributed by atoms with Gasteiger partial charge in [0.15, 0.2) is 0 Å². The highest BCUT2D eigenvalue weighted by molar-refractivity contribution is 7.92. The standard InChI is InChI=1S/C22H22N6O3S/c1-27(22-23-12-5-13-24-22)32(30,31)20-10-8-18(9-11-20)25-14-19-15-28(16-26-19)21(29)17-6-3-2-4-7-17/h2-13,16,19,25H,14-15H2,1H3. The van der Waals surface area contributed by atoms with Gasteiger partial charge in [-0.1, -0.05) is 18.2 Å². The Morgan fingerprint density at radius 2 is 1.75 bits per heavy atom. The zero-order valence-corrected chi connectivity index (χ0v) is 18.2. The number of hydrogen-bond donors (Lipinski definition) is 1. The monoisotopic (exact) mass is 450 g/mol. The minimum atomic E-state index is -3.77. The molecule has 32 heavy (non-hydrogen) atoms. The second-order valence-electron chi connectivity index (χ2n) is 7.17. The van der Waals surface area contributed by atoms with Crippen LogP contribution in [0, 0.1) is 0 Å². The summed E-state index contributed by atoms with van der Waals surface area (Å²) < 4.78 is 26.6. The third-order valence-electron chi connectivity index (χ3n) is 4.99. The van der Waals surface area contributed by atoms with Crippen molar-refractivity contribution in [3.8, 4) is 0 Å². The highest BCUT2D eigenvalue weighted by Crippen LogP contribution is 2.20. The van der Waals surface area contributed by atoms with Crippen LogP contribution in [-0.2, 0) is 10.0 Å². The lowest BCUT2D eigenvalue weighted by molar-refractivity contribution is 0.0857. The van der Waals surface area contributed by atoms with Gasteiger partial charge in [-0.05, 0) is 42.5 Å². The molecular weight excluding hydrogens is 428 g/mol. The lowest BCUT2D eigenvalue weighted by Crippen LogP contribution is -2.32. The lowest BCUT2D eigenvalue weighted by atomic mass is 10.2. The third kappa shape index (κ3) is 4.59. The Hall–Kier alpha value is -3.79. The Balaban J connectivity index is 1.34. The van der Waals surface area contributed by atoms with Gasteiger partial charge < -0.3 is 5.32 Å². The van der Waals surface area contributed by atoms with Crippen molar-refractivity contribution in [1.29, 1.82) is 0 Å². The predicted molar refractivity (Wildman–Crippen MR) is 122 cm³/mol. The molecule has 1 unspecified atom stereocenters. The summed E-state index contributed by atoms with van der Waals surface area (Å²) in [6, 6.07) is 17.0. The molecule has 164 valence electrons. The molecule has 9 nitrogen and oxygen atoms in total. The van der Waals surface area contributed by atoms with Crippen LogP contribution in [0.2, 0.25) is 0 Å². The molecule has 2 heterocycles. The van der Waals surface area contributed by atoms with Gasteiger partial charge in [-0.2, -0.15) is 0 Å². The van der Waals surface area contributed by atoms with Crippen molar-refractivity contribution >= 4 is 33.9 Å². The number of rotatable bonds is 7. The van der Waals surface area contributed by atoms with Crippen LogP contribution in [0.3, 0.4) is 0 Å². The van der Waals surface area contributed by atoms with Crippen LogP contribution < -0.4 is 9.62 Å².